The van der Waals surface area contributed by atoms with E-state index in [9.17, 15) is 4.79 Å². The highest BCUT2D eigenvalue weighted by atomic mass is 16.5. The summed E-state index contributed by atoms with van der Waals surface area (Å²) in [5, 5.41) is 3.77. The monoisotopic (exact) mass is 299 g/mol. The van der Waals surface area contributed by atoms with Crippen LogP contribution < -0.4 is 0 Å². The first-order valence-electron chi connectivity index (χ1n) is 8.02. The third-order valence-electron chi connectivity index (χ3n) is 4.27. The Morgan fingerprint density at radius 3 is 2.64 bits per heavy atom. The standard InChI is InChI=1S/C18H21NO3/c1-2-21-18(20)16-12-17(22-19-16)15-10-8-14(9-11-15)13-6-4-3-5-7-13/h8-13H,2-7H2,1H3. The second-order valence-electron chi connectivity index (χ2n) is 5.75. The van der Waals surface area contributed by atoms with Gasteiger partial charge in [-0.2, -0.15) is 0 Å². The number of benzene rings is 1. The van der Waals surface area contributed by atoms with Crippen LogP contribution >= 0.6 is 0 Å². The van der Waals surface area contributed by atoms with E-state index >= 15 is 0 Å². The molecule has 1 heterocycles. The minimum absolute atomic E-state index is 0.216. The van der Waals surface area contributed by atoms with E-state index in [2.05, 4.69) is 17.3 Å². The van der Waals surface area contributed by atoms with Crippen LogP contribution in [-0.2, 0) is 4.74 Å². The number of rotatable bonds is 4. The second-order valence-corrected chi connectivity index (χ2v) is 5.75. The molecule has 3 rings (SSSR count). The van der Waals surface area contributed by atoms with Crippen LogP contribution in [0.1, 0.15) is 61.0 Å². The highest BCUT2D eigenvalue weighted by Crippen LogP contribution is 2.33. The third kappa shape index (κ3) is 3.21. The van der Waals surface area contributed by atoms with E-state index in [-0.39, 0.29) is 5.69 Å². The first-order chi connectivity index (χ1) is 10.8. The van der Waals surface area contributed by atoms with Gasteiger partial charge in [0, 0.05) is 11.6 Å². The fourth-order valence-corrected chi connectivity index (χ4v) is 3.07. The van der Waals surface area contributed by atoms with Gasteiger partial charge in [0.15, 0.2) is 11.5 Å². The molecule has 0 unspecified atom stereocenters. The fourth-order valence-electron chi connectivity index (χ4n) is 3.07. The lowest BCUT2D eigenvalue weighted by atomic mass is 9.84. The van der Waals surface area contributed by atoms with E-state index in [4.69, 9.17) is 9.26 Å². The Labute approximate surface area is 130 Å². The molecular weight excluding hydrogens is 278 g/mol. The summed E-state index contributed by atoms with van der Waals surface area (Å²) in [5.41, 5.74) is 2.55. The van der Waals surface area contributed by atoms with Gasteiger partial charge in [0.1, 0.15) is 0 Å². The summed E-state index contributed by atoms with van der Waals surface area (Å²) in [4.78, 5) is 11.6. The van der Waals surface area contributed by atoms with Crippen molar-refractivity contribution in [2.45, 2.75) is 44.9 Å². The summed E-state index contributed by atoms with van der Waals surface area (Å²) in [7, 11) is 0. The highest BCUT2D eigenvalue weighted by Gasteiger charge is 2.17. The maximum Gasteiger partial charge on any atom is 0.360 e. The van der Waals surface area contributed by atoms with Gasteiger partial charge in [-0.05, 0) is 31.2 Å². The zero-order valence-electron chi connectivity index (χ0n) is 12.9. The summed E-state index contributed by atoms with van der Waals surface area (Å²) in [6.45, 7) is 2.10. The van der Waals surface area contributed by atoms with Gasteiger partial charge in [0.25, 0.3) is 0 Å². The molecule has 4 heteroatoms. The van der Waals surface area contributed by atoms with Crippen LogP contribution in [0.15, 0.2) is 34.9 Å². The highest BCUT2D eigenvalue weighted by molar-refractivity contribution is 5.88. The number of aromatic nitrogens is 1. The molecule has 116 valence electrons. The first-order valence-corrected chi connectivity index (χ1v) is 8.02. The van der Waals surface area contributed by atoms with E-state index in [0.29, 0.717) is 18.3 Å². The number of carbonyl (C=O) groups is 1. The predicted molar refractivity (Wildman–Crippen MR) is 83.7 cm³/mol. The van der Waals surface area contributed by atoms with Gasteiger partial charge in [-0.1, -0.05) is 48.7 Å². The van der Waals surface area contributed by atoms with Gasteiger partial charge in [0.05, 0.1) is 6.61 Å². The van der Waals surface area contributed by atoms with Crippen LogP contribution in [0.3, 0.4) is 0 Å². The molecule has 22 heavy (non-hydrogen) atoms. The fraction of sp³-hybridized carbons (Fsp3) is 0.444. The van der Waals surface area contributed by atoms with Crippen LogP contribution in [0.2, 0.25) is 0 Å². The van der Waals surface area contributed by atoms with Crippen LogP contribution in [0.4, 0.5) is 0 Å². The molecule has 1 aromatic carbocycles. The molecule has 0 atom stereocenters. The van der Waals surface area contributed by atoms with Crippen LogP contribution in [0, 0.1) is 0 Å². The molecule has 0 saturated heterocycles. The van der Waals surface area contributed by atoms with Gasteiger partial charge in [-0.15, -0.1) is 0 Å². The molecule has 0 spiro atoms. The number of carbonyl (C=O) groups excluding carboxylic acids is 1. The molecule has 1 aliphatic rings. The lowest BCUT2D eigenvalue weighted by molar-refractivity contribution is 0.0514. The summed E-state index contributed by atoms with van der Waals surface area (Å²) >= 11 is 0. The van der Waals surface area contributed by atoms with Gasteiger partial charge in [-0.25, -0.2) is 4.79 Å². The van der Waals surface area contributed by atoms with Gasteiger partial charge in [-0.3, -0.25) is 0 Å². The van der Waals surface area contributed by atoms with Crippen molar-refractivity contribution in [3.63, 3.8) is 0 Å². The maximum absolute atomic E-state index is 11.6. The van der Waals surface area contributed by atoms with Crippen molar-refractivity contribution in [1.29, 1.82) is 0 Å². The average molecular weight is 299 g/mol. The topological polar surface area (TPSA) is 52.3 Å². The summed E-state index contributed by atoms with van der Waals surface area (Å²) in [6.07, 6.45) is 6.60. The first kappa shape index (κ1) is 14.8. The Morgan fingerprint density at radius 2 is 1.95 bits per heavy atom. The summed E-state index contributed by atoms with van der Waals surface area (Å²) in [5.74, 6) is 0.835. The largest absolute Gasteiger partial charge is 0.461 e. The number of ether oxygens (including phenoxy) is 1. The van der Waals surface area contributed by atoms with E-state index in [1.54, 1.807) is 13.0 Å². The van der Waals surface area contributed by atoms with Crippen molar-refractivity contribution in [3.8, 4) is 11.3 Å². The smallest absolute Gasteiger partial charge is 0.360 e. The SMILES string of the molecule is CCOC(=O)c1cc(-c2ccc(C3CCCCC3)cc2)on1. The third-order valence-corrected chi connectivity index (χ3v) is 4.27. The molecule has 4 nitrogen and oxygen atoms in total. The van der Waals surface area contributed by atoms with Crippen molar-refractivity contribution in [1.82, 2.24) is 5.16 Å². The molecule has 1 fully saturated rings. The second kappa shape index (κ2) is 6.77. The lowest BCUT2D eigenvalue weighted by Gasteiger charge is -2.21. The number of hydrogen-bond donors (Lipinski definition) is 0. The number of hydrogen-bond acceptors (Lipinski definition) is 4. The number of nitrogens with zero attached hydrogens (tertiary/aromatic N) is 1. The Hall–Kier alpha value is -2.10. The molecule has 1 saturated carbocycles. The Balaban J connectivity index is 1.73. The molecule has 0 aliphatic heterocycles. The average Bonchev–Trinajstić information content (AvgIpc) is 3.06. The zero-order chi connectivity index (χ0) is 15.4. The van der Waals surface area contributed by atoms with Gasteiger partial charge in [0.2, 0.25) is 0 Å². The van der Waals surface area contributed by atoms with E-state index in [1.807, 2.05) is 12.1 Å². The van der Waals surface area contributed by atoms with Crippen molar-refractivity contribution >= 4 is 5.97 Å². The molecule has 1 aromatic heterocycles. The Kier molecular flexibility index (Phi) is 4.56. The predicted octanol–water partition coefficient (Wildman–Crippen LogP) is 4.57. The summed E-state index contributed by atoms with van der Waals surface area (Å²) < 4.78 is 10.2. The van der Waals surface area contributed by atoms with E-state index in [0.717, 1.165) is 5.56 Å². The number of esters is 1. The van der Waals surface area contributed by atoms with Crippen molar-refractivity contribution < 1.29 is 14.1 Å². The quantitative estimate of drug-likeness (QED) is 0.776. The van der Waals surface area contributed by atoms with Crippen LogP contribution in [0.25, 0.3) is 11.3 Å². The molecule has 0 N–H and O–H groups in total. The van der Waals surface area contributed by atoms with Crippen LogP contribution in [-0.4, -0.2) is 17.7 Å². The molecule has 0 amide bonds. The normalized spacial score (nSPS) is 15.7. The minimum Gasteiger partial charge on any atom is -0.461 e. The molecule has 0 bridgehead atoms. The van der Waals surface area contributed by atoms with E-state index < -0.39 is 5.97 Å². The van der Waals surface area contributed by atoms with E-state index in [1.165, 1.54) is 37.7 Å². The zero-order valence-corrected chi connectivity index (χ0v) is 12.9. The maximum atomic E-state index is 11.6. The van der Waals surface area contributed by atoms with Crippen LogP contribution in [0.5, 0.6) is 0 Å². The Bertz CT molecular complexity index is 624. The lowest BCUT2D eigenvalue weighted by Crippen LogP contribution is -2.04. The molecule has 1 aliphatic carbocycles. The summed E-state index contributed by atoms with van der Waals surface area (Å²) in [6, 6.07) is 10.0. The molecule has 0 radical (unpaired) electrons. The molecule has 2 aromatic rings. The Morgan fingerprint density at radius 1 is 1.23 bits per heavy atom. The minimum atomic E-state index is -0.448. The van der Waals surface area contributed by atoms with Gasteiger partial charge >= 0.3 is 5.97 Å². The molecular formula is C18H21NO3. The van der Waals surface area contributed by atoms with Crippen molar-refractivity contribution in [2.24, 2.45) is 0 Å². The van der Waals surface area contributed by atoms with Gasteiger partial charge < -0.3 is 9.26 Å². The van der Waals surface area contributed by atoms with Crippen molar-refractivity contribution in [2.75, 3.05) is 6.61 Å². The van der Waals surface area contributed by atoms with Crippen molar-refractivity contribution in [3.05, 3.63) is 41.6 Å².